The predicted molar refractivity (Wildman–Crippen MR) is 56.1 cm³/mol. The Bertz CT molecular complexity index is 468. The van der Waals surface area contributed by atoms with Gasteiger partial charge < -0.3 is 10.2 Å². The zero-order valence-electron chi connectivity index (χ0n) is 7.99. The fourth-order valence-electron chi connectivity index (χ4n) is 2.05. The summed E-state index contributed by atoms with van der Waals surface area (Å²) in [6, 6.07) is 6.11. The van der Waals surface area contributed by atoms with Gasteiger partial charge in [-0.1, -0.05) is 12.1 Å². The lowest BCUT2D eigenvalue weighted by atomic mass is 10.0. The van der Waals surface area contributed by atoms with Gasteiger partial charge in [-0.15, -0.1) is 0 Å². The van der Waals surface area contributed by atoms with Gasteiger partial charge in [0, 0.05) is 17.5 Å². The summed E-state index contributed by atoms with van der Waals surface area (Å²) >= 11 is 0. The van der Waals surface area contributed by atoms with Crippen LogP contribution in [0.5, 0.6) is 0 Å². The van der Waals surface area contributed by atoms with Crippen molar-refractivity contribution in [3.05, 3.63) is 35.6 Å². The second-order valence-corrected chi connectivity index (χ2v) is 3.96. The van der Waals surface area contributed by atoms with Crippen LogP contribution in [0, 0.1) is 0 Å². The van der Waals surface area contributed by atoms with Crippen molar-refractivity contribution < 1.29 is 4.42 Å². The second-order valence-electron chi connectivity index (χ2n) is 3.96. The fraction of sp³-hybridized carbons (Fsp3) is 0.333. The van der Waals surface area contributed by atoms with Crippen LogP contribution >= 0.6 is 0 Å². The van der Waals surface area contributed by atoms with E-state index < -0.39 is 0 Å². The van der Waals surface area contributed by atoms with Crippen molar-refractivity contribution in [1.29, 1.82) is 0 Å². The largest absolute Gasteiger partial charge is 0.464 e. The number of rotatable bonds is 2. The van der Waals surface area contributed by atoms with Gasteiger partial charge in [0.05, 0.1) is 6.26 Å². The van der Waals surface area contributed by atoms with Gasteiger partial charge in [0.15, 0.2) is 0 Å². The predicted octanol–water partition coefficient (Wildman–Crippen LogP) is 2.77. The van der Waals surface area contributed by atoms with Crippen LogP contribution in [0.1, 0.15) is 29.9 Å². The molecular weight excluding hydrogens is 174 g/mol. The lowest BCUT2D eigenvalue weighted by Crippen LogP contribution is -1.97. The smallest absolute Gasteiger partial charge is 0.134 e. The summed E-state index contributed by atoms with van der Waals surface area (Å²) in [7, 11) is 0. The maximum absolute atomic E-state index is 5.72. The van der Waals surface area contributed by atoms with E-state index in [1.165, 1.54) is 29.4 Å². The zero-order chi connectivity index (χ0) is 9.54. The molecule has 0 atom stereocenters. The molecule has 2 heteroatoms. The van der Waals surface area contributed by atoms with Gasteiger partial charge in [-0.25, -0.2) is 0 Å². The first-order valence-electron chi connectivity index (χ1n) is 5.09. The molecule has 0 radical (unpaired) electrons. The first-order valence-corrected chi connectivity index (χ1v) is 5.09. The van der Waals surface area contributed by atoms with Crippen LogP contribution < -0.4 is 5.73 Å². The van der Waals surface area contributed by atoms with Crippen LogP contribution in [0.4, 0.5) is 0 Å². The lowest BCUT2D eigenvalue weighted by molar-refractivity contribution is 0.610. The molecule has 0 aliphatic heterocycles. The van der Waals surface area contributed by atoms with Gasteiger partial charge in [0.2, 0.25) is 0 Å². The monoisotopic (exact) mass is 187 g/mol. The molecule has 1 aliphatic rings. The van der Waals surface area contributed by atoms with E-state index in [-0.39, 0.29) is 0 Å². The zero-order valence-corrected chi connectivity index (χ0v) is 7.99. The molecule has 14 heavy (non-hydrogen) atoms. The van der Waals surface area contributed by atoms with Crippen molar-refractivity contribution in [2.24, 2.45) is 5.73 Å². The molecule has 1 fully saturated rings. The minimum atomic E-state index is 0.594. The number of benzene rings is 1. The average Bonchev–Trinajstić information content (AvgIpc) is 2.97. The van der Waals surface area contributed by atoms with E-state index in [0.717, 1.165) is 11.5 Å². The van der Waals surface area contributed by atoms with E-state index >= 15 is 0 Å². The van der Waals surface area contributed by atoms with Crippen LogP contribution in [0.15, 0.2) is 28.9 Å². The van der Waals surface area contributed by atoms with Crippen molar-refractivity contribution in [2.45, 2.75) is 25.3 Å². The number of furan rings is 1. The third-order valence-electron chi connectivity index (χ3n) is 2.95. The maximum atomic E-state index is 5.72. The number of hydrogen-bond donors (Lipinski definition) is 1. The Morgan fingerprint density at radius 3 is 2.93 bits per heavy atom. The molecule has 1 saturated carbocycles. The highest BCUT2D eigenvalue weighted by Crippen LogP contribution is 2.44. The summed E-state index contributed by atoms with van der Waals surface area (Å²) < 4.78 is 5.54. The van der Waals surface area contributed by atoms with E-state index in [9.17, 15) is 0 Å². The van der Waals surface area contributed by atoms with Crippen LogP contribution in [0.3, 0.4) is 0 Å². The van der Waals surface area contributed by atoms with Crippen LogP contribution in [-0.4, -0.2) is 0 Å². The summed E-state index contributed by atoms with van der Waals surface area (Å²) in [4.78, 5) is 0. The van der Waals surface area contributed by atoms with Crippen molar-refractivity contribution >= 4 is 11.0 Å². The molecule has 1 aromatic carbocycles. The molecule has 0 unspecified atom stereocenters. The molecular formula is C12H13NO. The van der Waals surface area contributed by atoms with Gasteiger partial charge in [0.1, 0.15) is 5.58 Å². The first kappa shape index (κ1) is 8.06. The molecule has 2 nitrogen and oxygen atoms in total. The van der Waals surface area contributed by atoms with Crippen molar-refractivity contribution in [1.82, 2.24) is 0 Å². The molecule has 1 aromatic heterocycles. The Hall–Kier alpha value is -1.28. The van der Waals surface area contributed by atoms with Gasteiger partial charge in [-0.3, -0.25) is 0 Å². The Labute approximate surface area is 82.7 Å². The van der Waals surface area contributed by atoms with Gasteiger partial charge >= 0.3 is 0 Å². The van der Waals surface area contributed by atoms with E-state index in [1.807, 2.05) is 18.4 Å². The fourth-order valence-corrected chi connectivity index (χ4v) is 2.05. The maximum Gasteiger partial charge on any atom is 0.134 e. The Morgan fingerprint density at radius 1 is 1.36 bits per heavy atom. The van der Waals surface area contributed by atoms with Crippen molar-refractivity contribution in [3.63, 3.8) is 0 Å². The Kier molecular flexibility index (Phi) is 1.64. The third-order valence-corrected chi connectivity index (χ3v) is 2.95. The SMILES string of the molecule is NCc1cccc2occ(C3CC3)c12. The van der Waals surface area contributed by atoms with E-state index in [0.29, 0.717) is 6.54 Å². The normalized spacial score (nSPS) is 16.4. The molecule has 0 bridgehead atoms. The van der Waals surface area contributed by atoms with Crippen LogP contribution in [0.25, 0.3) is 11.0 Å². The third kappa shape index (κ3) is 1.07. The minimum absolute atomic E-state index is 0.594. The summed E-state index contributed by atoms with van der Waals surface area (Å²) in [5, 5.41) is 1.26. The van der Waals surface area contributed by atoms with Gasteiger partial charge in [0.25, 0.3) is 0 Å². The van der Waals surface area contributed by atoms with Crippen LogP contribution in [0.2, 0.25) is 0 Å². The van der Waals surface area contributed by atoms with E-state index in [1.54, 1.807) is 0 Å². The molecule has 0 amide bonds. The molecule has 1 aliphatic carbocycles. The molecule has 2 N–H and O–H groups in total. The summed E-state index contributed by atoms with van der Waals surface area (Å²) in [5.74, 6) is 0.726. The molecule has 0 saturated heterocycles. The standard InChI is InChI=1S/C12H13NO/c13-6-9-2-1-3-11-12(9)10(7-14-11)8-4-5-8/h1-3,7-8H,4-6,13H2. The highest BCUT2D eigenvalue weighted by atomic mass is 16.3. The van der Waals surface area contributed by atoms with E-state index in [2.05, 4.69) is 6.07 Å². The first-order chi connectivity index (χ1) is 6.90. The molecule has 0 spiro atoms. The minimum Gasteiger partial charge on any atom is -0.464 e. The number of fused-ring (bicyclic) bond motifs is 1. The van der Waals surface area contributed by atoms with E-state index in [4.69, 9.17) is 10.2 Å². The molecule has 72 valence electrons. The quantitative estimate of drug-likeness (QED) is 0.785. The van der Waals surface area contributed by atoms with Crippen molar-refractivity contribution in [2.75, 3.05) is 0 Å². The average molecular weight is 187 g/mol. The van der Waals surface area contributed by atoms with Gasteiger partial charge in [-0.05, 0) is 30.4 Å². The highest BCUT2D eigenvalue weighted by Gasteiger charge is 2.27. The number of nitrogens with two attached hydrogens (primary N) is 1. The summed E-state index contributed by atoms with van der Waals surface area (Å²) in [5.41, 5.74) is 9.27. The topological polar surface area (TPSA) is 39.2 Å². The molecule has 2 aromatic rings. The van der Waals surface area contributed by atoms with Gasteiger partial charge in [-0.2, -0.15) is 0 Å². The van der Waals surface area contributed by atoms with Crippen LogP contribution in [-0.2, 0) is 6.54 Å². The molecule has 1 heterocycles. The Morgan fingerprint density at radius 2 is 2.21 bits per heavy atom. The number of hydrogen-bond acceptors (Lipinski definition) is 2. The second kappa shape index (κ2) is 2.85. The lowest BCUT2D eigenvalue weighted by Gasteiger charge is -2.00. The molecule has 3 rings (SSSR count). The van der Waals surface area contributed by atoms with Crippen molar-refractivity contribution in [3.8, 4) is 0 Å². The Balaban J connectivity index is 2.29. The summed E-state index contributed by atoms with van der Waals surface area (Å²) in [6.07, 6.45) is 4.50. The highest BCUT2D eigenvalue weighted by molar-refractivity contribution is 5.85. The summed E-state index contributed by atoms with van der Waals surface area (Å²) in [6.45, 7) is 0.594.